The molecule has 22 heavy (non-hydrogen) atoms. The van der Waals surface area contributed by atoms with Gasteiger partial charge in [0.25, 0.3) is 0 Å². The minimum absolute atomic E-state index is 0.762. The molecule has 0 amide bonds. The first-order valence-electron chi connectivity index (χ1n) is 9.51. The fourth-order valence-corrected chi connectivity index (χ4v) is 4.50. The van der Waals surface area contributed by atoms with Crippen LogP contribution in [0.1, 0.15) is 94.6 Å². The smallest absolute Gasteiger partial charge is 0.0124 e. The molecule has 3 rings (SSSR count). The Kier molecular flexibility index (Phi) is 5.39. The molecule has 0 saturated heterocycles. The second kappa shape index (κ2) is 7.49. The van der Waals surface area contributed by atoms with Gasteiger partial charge < -0.3 is 0 Å². The molecule has 0 bridgehead atoms. The fraction of sp³-hybridized carbons (Fsp3) is 0.636. The van der Waals surface area contributed by atoms with Crippen molar-refractivity contribution in [1.29, 1.82) is 0 Å². The van der Waals surface area contributed by atoms with Crippen LogP contribution in [0.25, 0.3) is 0 Å². The molecule has 1 atom stereocenters. The predicted molar refractivity (Wildman–Crippen MR) is 96.4 cm³/mol. The first-order chi connectivity index (χ1) is 10.8. The number of rotatable bonds is 4. The molecule has 0 spiro atoms. The van der Waals surface area contributed by atoms with Crippen molar-refractivity contribution in [3.63, 3.8) is 0 Å². The van der Waals surface area contributed by atoms with E-state index < -0.39 is 0 Å². The van der Waals surface area contributed by atoms with Crippen molar-refractivity contribution >= 4 is 0 Å². The van der Waals surface area contributed by atoms with E-state index in [0.717, 1.165) is 17.8 Å². The minimum atomic E-state index is 0.762. The summed E-state index contributed by atoms with van der Waals surface area (Å²) in [6, 6.07) is 9.72. The number of hydrogen-bond acceptors (Lipinski definition) is 0. The Labute approximate surface area is 137 Å². The first kappa shape index (κ1) is 15.8. The average molecular weight is 296 g/mol. The summed E-state index contributed by atoms with van der Waals surface area (Å²) >= 11 is 0. The topological polar surface area (TPSA) is 0 Å². The van der Waals surface area contributed by atoms with Crippen molar-refractivity contribution in [2.45, 2.75) is 83.5 Å². The molecule has 1 aromatic carbocycles. The number of benzene rings is 1. The third-order valence-corrected chi connectivity index (χ3v) is 6.06. The Balaban J connectivity index is 1.58. The second-order valence-electron chi connectivity index (χ2n) is 7.69. The van der Waals surface area contributed by atoms with Crippen LogP contribution in [0.5, 0.6) is 0 Å². The summed E-state index contributed by atoms with van der Waals surface area (Å²) in [7, 11) is 0. The van der Waals surface area contributed by atoms with Gasteiger partial charge in [0.15, 0.2) is 0 Å². The van der Waals surface area contributed by atoms with Crippen molar-refractivity contribution in [1.82, 2.24) is 0 Å². The maximum absolute atomic E-state index is 2.44. The zero-order chi connectivity index (χ0) is 15.4. The van der Waals surface area contributed by atoms with E-state index in [9.17, 15) is 0 Å². The largest absolute Gasteiger partial charge is 0.0850 e. The molecule has 1 fully saturated rings. The summed E-state index contributed by atoms with van der Waals surface area (Å²) < 4.78 is 0. The molecule has 1 saturated carbocycles. The van der Waals surface area contributed by atoms with E-state index >= 15 is 0 Å². The van der Waals surface area contributed by atoms with Crippen LogP contribution in [-0.4, -0.2) is 0 Å². The predicted octanol–water partition coefficient (Wildman–Crippen LogP) is 6.97. The normalized spacial score (nSPS) is 29.2. The maximum atomic E-state index is 2.44. The van der Waals surface area contributed by atoms with E-state index in [-0.39, 0.29) is 0 Å². The van der Waals surface area contributed by atoms with Crippen LogP contribution in [-0.2, 0) is 0 Å². The molecule has 0 aliphatic heterocycles. The monoisotopic (exact) mass is 296 g/mol. The van der Waals surface area contributed by atoms with E-state index in [1.165, 1.54) is 57.8 Å². The van der Waals surface area contributed by atoms with Crippen molar-refractivity contribution in [2.24, 2.45) is 5.92 Å². The van der Waals surface area contributed by atoms with Crippen LogP contribution in [0.15, 0.2) is 35.9 Å². The Hall–Kier alpha value is -1.04. The van der Waals surface area contributed by atoms with E-state index in [2.05, 4.69) is 44.2 Å². The summed E-state index contributed by atoms with van der Waals surface area (Å²) in [5.74, 6) is 2.60. The molecule has 120 valence electrons. The highest BCUT2D eigenvalue weighted by molar-refractivity contribution is 5.29. The van der Waals surface area contributed by atoms with Crippen molar-refractivity contribution < 1.29 is 0 Å². The summed E-state index contributed by atoms with van der Waals surface area (Å²) in [6.07, 6.45) is 14.8. The van der Waals surface area contributed by atoms with Gasteiger partial charge >= 0.3 is 0 Å². The Morgan fingerprint density at radius 3 is 2.05 bits per heavy atom. The van der Waals surface area contributed by atoms with Gasteiger partial charge in [-0.3, -0.25) is 0 Å². The first-order valence-corrected chi connectivity index (χ1v) is 9.51. The molecule has 0 N–H and O–H groups in total. The third-order valence-electron chi connectivity index (χ3n) is 6.06. The van der Waals surface area contributed by atoms with Crippen molar-refractivity contribution in [2.75, 3.05) is 0 Å². The maximum Gasteiger partial charge on any atom is -0.0124 e. The van der Waals surface area contributed by atoms with Gasteiger partial charge in [0.05, 0.1) is 0 Å². The van der Waals surface area contributed by atoms with Gasteiger partial charge in [0.1, 0.15) is 0 Å². The quantitative estimate of drug-likeness (QED) is 0.526. The van der Waals surface area contributed by atoms with Gasteiger partial charge in [-0.05, 0) is 80.8 Å². The lowest BCUT2D eigenvalue weighted by molar-refractivity contribution is 0.308. The van der Waals surface area contributed by atoms with Gasteiger partial charge in [-0.25, -0.2) is 0 Å². The molecule has 2 aliphatic carbocycles. The van der Waals surface area contributed by atoms with Crippen LogP contribution < -0.4 is 0 Å². The molecule has 2 aliphatic rings. The van der Waals surface area contributed by atoms with Crippen LogP contribution >= 0.6 is 0 Å². The molecular weight excluding hydrogens is 264 g/mol. The van der Waals surface area contributed by atoms with Crippen LogP contribution in [0.2, 0.25) is 0 Å². The Morgan fingerprint density at radius 2 is 1.50 bits per heavy atom. The van der Waals surface area contributed by atoms with Crippen molar-refractivity contribution in [3.05, 3.63) is 47.0 Å². The molecule has 0 aromatic heterocycles. The molecule has 1 unspecified atom stereocenters. The Morgan fingerprint density at radius 1 is 0.864 bits per heavy atom. The van der Waals surface area contributed by atoms with Gasteiger partial charge in [0.2, 0.25) is 0 Å². The summed E-state index contributed by atoms with van der Waals surface area (Å²) in [4.78, 5) is 0. The Bertz CT molecular complexity index is 485. The standard InChI is InChI=1S/C22H32/c1-3-4-18-7-11-20(12-8-18)22-15-13-21(14-16-22)19-9-5-17(2)6-10-19/h5,13-16,18-20H,3-4,6-12H2,1-2H3/t18-,19?,20-. The van der Waals surface area contributed by atoms with Crippen molar-refractivity contribution in [3.8, 4) is 0 Å². The highest BCUT2D eigenvalue weighted by Crippen LogP contribution is 2.38. The molecular formula is C22H32. The van der Waals surface area contributed by atoms with Crippen LogP contribution in [0, 0.1) is 5.92 Å². The zero-order valence-electron chi connectivity index (χ0n) is 14.5. The molecule has 0 nitrogen and oxygen atoms in total. The van der Waals surface area contributed by atoms with Gasteiger partial charge in [-0.15, -0.1) is 0 Å². The fourth-order valence-electron chi connectivity index (χ4n) is 4.50. The second-order valence-corrected chi connectivity index (χ2v) is 7.69. The SMILES string of the molecule is CCC[C@H]1CC[C@H](c2ccc(C3CC=C(C)CC3)cc2)CC1. The summed E-state index contributed by atoms with van der Waals surface area (Å²) in [5, 5.41) is 0. The van der Waals surface area contributed by atoms with Crippen LogP contribution in [0.3, 0.4) is 0 Å². The number of hydrogen-bond donors (Lipinski definition) is 0. The lowest BCUT2D eigenvalue weighted by Gasteiger charge is -2.29. The highest BCUT2D eigenvalue weighted by atomic mass is 14.3. The average Bonchev–Trinajstić information content (AvgIpc) is 2.57. The van der Waals surface area contributed by atoms with Gasteiger partial charge in [-0.2, -0.15) is 0 Å². The lowest BCUT2D eigenvalue weighted by Crippen LogP contribution is -2.13. The van der Waals surface area contributed by atoms with E-state index in [0.29, 0.717) is 0 Å². The highest BCUT2D eigenvalue weighted by Gasteiger charge is 2.22. The van der Waals surface area contributed by atoms with E-state index in [4.69, 9.17) is 0 Å². The third kappa shape index (κ3) is 3.83. The molecule has 0 heteroatoms. The summed E-state index contributed by atoms with van der Waals surface area (Å²) in [6.45, 7) is 4.60. The van der Waals surface area contributed by atoms with Crippen LogP contribution in [0.4, 0.5) is 0 Å². The van der Waals surface area contributed by atoms with Gasteiger partial charge in [0, 0.05) is 0 Å². The number of allylic oxidation sites excluding steroid dienone is 2. The molecule has 0 radical (unpaired) electrons. The van der Waals surface area contributed by atoms with E-state index in [1.807, 2.05) is 0 Å². The molecule has 0 heterocycles. The minimum Gasteiger partial charge on any atom is -0.0850 e. The van der Waals surface area contributed by atoms with E-state index in [1.54, 1.807) is 16.7 Å². The van der Waals surface area contributed by atoms with Gasteiger partial charge in [-0.1, -0.05) is 55.7 Å². The molecule has 1 aromatic rings. The summed E-state index contributed by atoms with van der Waals surface area (Å²) in [5.41, 5.74) is 4.74. The lowest BCUT2D eigenvalue weighted by atomic mass is 9.76. The zero-order valence-corrected chi connectivity index (χ0v) is 14.5.